The normalized spacial score (nSPS) is 15.9. The summed E-state index contributed by atoms with van der Waals surface area (Å²) in [6.07, 6.45) is -0.622. The summed E-state index contributed by atoms with van der Waals surface area (Å²) in [5.41, 5.74) is 2.63. The Morgan fingerprint density at radius 1 is 1.32 bits per heavy atom. The second-order valence-corrected chi connectivity index (χ2v) is 8.85. The van der Waals surface area contributed by atoms with Crippen LogP contribution in [0.5, 0.6) is 0 Å². The highest BCUT2D eigenvalue weighted by Crippen LogP contribution is 2.42. The molecule has 0 bridgehead atoms. The van der Waals surface area contributed by atoms with Crippen molar-refractivity contribution in [1.29, 1.82) is 5.26 Å². The van der Waals surface area contributed by atoms with Crippen LogP contribution in [0.2, 0.25) is 5.15 Å². The van der Waals surface area contributed by atoms with E-state index in [9.17, 15) is 23.9 Å². The molecule has 8 nitrogen and oxygen atoms in total. The van der Waals surface area contributed by atoms with Crippen LogP contribution in [0, 0.1) is 18.3 Å². The number of aryl methyl sites for hydroxylation is 1. The number of hydrogen-bond acceptors (Lipinski definition) is 7. The van der Waals surface area contributed by atoms with Crippen molar-refractivity contribution in [3.05, 3.63) is 51.9 Å². The number of rotatable bonds is 6. The number of anilines is 2. The number of hydrogen-bond donors (Lipinski definition) is 2. The lowest BCUT2D eigenvalue weighted by Gasteiger charge is -2.41. The third-order valence-electron chi connectivity index (χ3n) is 5.88. The molecule has 11 heteroatoms. The number of aromatic nitrogens is 3. The lowest BCUT2D eigenvalue weighted by Crippen LogP contribution is -2.50. The minimum Gasteiger partial charge on any atom is -0.476 e. The molecule has 1 aliphatic carbocycles. The van der Waals surface area contributed by atoms with Crippen LogP contribution in [0.3, 0.4) is 0 Å². The first-order chi connectivity index (χ1) is 16.0. The number of carboxylic acids is 1. The Bertz CT molecular complexity index is 1340. The average molecular weight is 487 g/mol. The van der Waals surface area contributed by atoms with E-state index in [-0.39, 0.29) is 40.9 Å². The Balaban J connectivity index is 1.77. The van der Waals surface area contributed by atoms with Gasteiger partial charge in [-0.1, -0.05) is 17.7 Å². The van der Waals surface area contributed by atoms with Crippen molar-refractivity contribution in [1.82, 2.24) is 15.0 Å². The van der Waals surface area contributed by atoms with Gasteiger partial charge in [0.25, 0.3) is 5.92 Å². The predicted octanol–water partition coefficient (Wildman–Crippen LogP) is 4.96. The molecule has 1 aliphatic rings. The maximum atomic E-state index is 13.4. The van der Waals surface area contributed by atoms with E-state index in [0.29, 0.717) is 16.6 Å². The molecule has 2 N–H and O–H groups in total. The molecule has 4 rings (SSSR count). The molecule has 0 aliphatic heterocycles. The highest BCUT2D eigenvalue weighted by molar-refractivity contribution is 6.29. The Morgan fingerprint density at radius 3 is 2.65 bits per heavy atom. The molecule has 2 heterocycles. The van der Waals surface area contributed by atoms with Crippen molar-refractivity contribution >= 4 is 40.1 Å². The molecule has 1 saturated carbocycles. The van der Waals surface area contributed by atoms with Gasteiger partial charge in [-0.25, -0.2) is 28.5 Å². The van der Waals surface area contributed by atoms with Crippen molar-refractivity contribution in [2.24, 2.45) is 0 Å². The molecule has 3 aromatic rings. The quantitative estimate of drug-likeness (QED) is 0.469. The zero-order valence-electron chi connectivity index (χ0n) is 18.6. The van der Waals surface area contributed by atoms with E-state index in [1.54, 1.807) is 18.0 Å². The largest absolute Gasteiger partial charge is 0.476 e. The van der Waals surface area contributed by atoms with Crippen molar-refractivity contribution < 1.29 is 18.7 Å². The second-order valence-electron chi connectivity index (χ2n) is 8.46. The summed E-state index contributed by atoms with van der Waals surface area (Å²) in [7, 11) is 1.63. The molecule has 0 radical (unpaired) electrons. The summed E-state index contributed by atoms with van der Waals surface area (Å²) in [4.78, 5) is 26.2. The van der Waals surface area contributed by atoms with Gasteiger partial charge in [0.1, 0.15) is 11.2 Å². The number of pyridine rings is 1. The number of benzene rings is 1. The molecule has 0 saturated heterocycles. The standard InChI is InChI=1S/C23H21ClF2N6O2/c1-11-6-14(12(2)28-15-4-5-18(24)30-20(15)22(33)34)19-16(7-11)29-17(10-27)21(31-19)32(3)13-8-23(25,26)9-13/h4-7,12-13,28H,8-9H2,1-3H3,(H,33,34)/t12-/m1/s1. The molecule has 1 fully saturated rings. The average Bonchev–Trinajstić information content (AvgIpc) is 2.76. The summed E-state index contributed by atoms with van der Waals surface area (Å²) < 4.78 is 26.9. The van der Waals surface area contributed by atoms with E-state index >= 15 is 0 Å². The number of nitriles is 1. The van der Waals surface area contributed by atoms with Crippen LogP contribution in [-0.4, -0.2) is 45.0 Å². The van der Waals surface area contributed by atoms with Gasteiger partial charge >= 0.3 is 5.97 Å². The molecule has 1 atom stereocenters. The molecular formula is C23H21ClF2N6O2. The molecule has 1 aromatic carbocycles. The molecule has 176 valence electrons. The third-order valence-corrected chi connectivity index (χ3v) is 6.09. The van der Waals surface area contributed by atoms with Crippen LogP contribution in [-0.2, 0) is 0 Å². The predicted molar refractivity (Wildman–Crippen MR) is 124 cm³/mol. The topological polar surface area (TPSA) is 115 Å². The number of alkyl halides is 2. The maximum absolute atomic E-state index is 13.4. The number of nitrogens with one attached hydrogen (secondary N) is 1. The lowest BCUT2D eigenvalue weighted by molar-refractivity contribution is -0.0850. The SMILES string of the molecule is Cc1cc([C@@H](C)Nc2ccc(Cl)nc2C(=O)O)c2nc(N(C)C3CC(F)(F)C3)c(C#N)nc2c1. The van der Waals surface area contributed by atoms with Crippen LogP contribution in [0.4, 0.5) is 20.3 Å². The molecule has 2 aromatic heterocycles. The van der Waals surface area contributed by atoms with Gasteiger partial charge in [-0.15, -0.1) is 0 Å². The molecule has 0 unspecified atom stereocenters. The zero-order valence-corrected chi connectivity index (χ0v) is 19.4. The Labute approximate surface area is 199 Å². The van der Waals surface area contributed by atoms with Crippen LogP contribution >= 0.6 is 11.6 Å². The van der Waals surface area contributed by atoms with Crippen LogP contribution in [0.1, 0.15) is 53.1 Å². The van der Waals surface area contributed by atoms with E-state index in [4.69, 9.17) is 11.6 Å². The fraction of sp³-hybridized carbons (Fsp3) is 0.348. The van der Waals surface area contributed by atoms with Crippen LogP contribution in [0.25, 0.3) is 11.0 Å². The summed E-state index contributed by atoms with van der Waals surface area (Å²) in [5.74, 6) is -3.72. The summed E-state index contributed by atoms with van der Waals surface area (Å²) >= 11 is 5.85. The Hall–Kier alpha value is -3.58. The number of fused-ring (bicyclic) bond motifs is 1. The van der Waals surface area contributed by atoms with Crippen LogP contribution < -0.4 is 10.2 Å². The van der Waals surface area contributed by atoms with Crippen molar-refractivity contribution in [3.8, 4) is 6.07 Å². The molecule has 0 spiro atoms. The lowest BCUT2D eigenvalue weighted by atomic mass is 9.87. The zero-order chi connectivity index (χ0) is 24.8. The van der Waals surface area contributed by atoms with Gasteiger partial charge in [-0.2, -0.15) is 5.26 Å². The van der Waals surface area contributed by atoms with Gasteiger partial charge in [-0.05, 0) is 37.6 Å². The number of aromatic carboxylic acids is 1. The van der Waals surface area contributed by atoms with E-state index in [1.165, 1.54) is 12.1 Å². The number of carboxylic acid groups (broad SMARTS) is 1. The summed E-state index contributed by atoms with van der Waals surface area (Å²) in [6, 6.07) is 7.82. The first kappa shape index (κ1) is 23.6. The monoisotopic (exact) mass is 486 g/mol. The molecule has 34 heavy (non-hydrogen) atoms. The van der Waals surface area contributed by atoms with Gasteiger partial charge in [0, 0.05) is 31.5 Å². The minimum absolute atomic E-state index is 0.0532. The van der Waals surface area contributed by atoms with Crippen molar-refractivity contribution in [2.45, 2.75) is 44.7 Å². The minimum atomic E-state index is -2.72. The molecule has 0 amide bonds. The maximum Gasteiger partial charge on any atom is 0.356 e. The van der Waals surface area contributed by atoms with Gasteiger partial charge in [0.15, 0.2) is 17.2 Å². The van der Waals surface area contributed by atoms with Gasteiger partial charge in [0.05, 0.1) is 22.8 Å². The fourth-order valence-corrected chi connectivity index (χ4v) is 4.22. The number of nitrogens with zero attached hydrogens (tertiary/aromatic N) is 5. The highest BCUT2D eigenvalue weighted by atomic mass is 35.5. The highest BCUT2D eigenvalue weighted by Gasteiger charge is 2.47. The smallest absolute Gasteiger partial charge is 0.356 e. The van der Waals surface area contributed by atoms with E-state index in [0.717, 1.165) is 5.56 Å². The number of carbonyl (C=O) groups is 1. The van der Waals surface area contributed by atoms with Crippen molar-refractivity contribution in [3.63, 3.8) is 0 Å². The van der Waals surface area contributed by atoms with E-state index < -0.39 is 24.0 Å². The summed E-state index contributed by atoms with van der Waals surface area (Å²) in [5, 5.41) is 22.3. The molecular weight excluding hydrogens is 466 g/mol. The second kappa shape index (κ2) is 8.65. The van der Waals surface area contributed by atoms with E-state index in [1.807, 2.05) is 26.0 Å². The third kappa shape index (κ3) is 4.43. The van der Waals surface area contributed by atoms with Gasteiger partial charge < -0.3 is 15.3 Å². The Kier molecular flexibility index (Phi) is 6.00. The first-order valence-corrected chi connectivity index (χ1v) is 10.9. The summed E-state index contributed by atoms with van der Waals surface area (Å²) in [6.45, 7) is 3.69. The Morgan fingerprint density at radius 2 is 2.03 bits per heavy atom. The fourth-order valence-electron chi connectivity index (χ4n) is 4.08. The van der Waals surface area contributed by atoms with Crippen LogP contribution in [0.15, 0.2) is 24.3 Å². The van der Waals surface area contributed by atoms with Crippen molar-refractivity contribution in [2.75, 3.05) is 17.3 Å². The van der Waals surface area contributed by atoms with Gasteiger partial charge in [-0.3, -0.25) is 0 Å². The van der Waals surface area contributed by atoms with E-state index in [2.05, 4.69) is 20.3 Å². The first-order valence-electron chi connectivity index (χ1n) is 10.5. The number of halogens is 3. The van der Waals surface area contributed by atoms with Gasteiger partial charge in [0.2, 0.25) is 0 Å².